The molecule has 0 aliphatic heterocycles. The van der Waals surface area contributed by atoms with E-state index in [0.717, 1.165) is 6.42 Å². The Morgan fingerprint density at radius 2 is 1.91 bits per heavy atom. The zero-order chi connectivity index (χ0) is 8.86. The van der Waals surface area contributed by atoms with Crippen LogP contribution in [-0.2, 0) is 4.79 Å². The highest BCUT2D eigenvalue weighted by atomic mass is 16.4. The molecule has 0 heterocycles. The van der Waals surface area contributed by atoms with Gasteiger partial charge in [0.25, 0.3) is 0 Å². The Hall–Kier alpha value is -0.570. The average Bonchev–Trinajstić information content (AvgIpc) is 2.39. The van der Waals surface area contributed by atoms with Gasteiger partial charge in [0.05, 0.1) is 21.1 Å². The number of aliphatic carboxylic acids is 1. The summed E-state index contributed by atoms with van der Waals surface area (Å²) in [5.41, 5.74) is -0.500. The summed E-state index contributed by atoms with van der Waals surface area (Å²) in [6, 6.07) is 0. The van der Waals surface area contributed by atoms with Crippen LogP contribution in [0.3, 0.4) is 0 Å². The van der Waals surface area contributed by atoms with Crippen molar-refractivity contribution in [1.82, 2.24) is 0 Å². The Balaban J connectivity index is 2.89. The van der Waals surface area contributed by atoms with Gasteiger partial charge in [0.15, 0.2) is 5.54 Å². The summed E-state index contributed by atoms with van der Waals surface area (Å²) in [6.07, 6.45) is 0.811. The van der Waals surface area contributed by atoms with Crippen LogP contribution in [0, 0.1) is 5.92 Å². The van der Waals surface area contributed by atoms with Gasteiger partial charge in [-0.15, -0.1) is 0 Å². The normalized spacial score (nSPS) is 36.9. The van der Waals surface area contributed by atoms with E-state index in [1.54, 1.807) is 0 Å². The number of carbonyl (C=O) groups is 1. The smallest absolute Gasteiger partial charge is 0.366 e. The number of rotatable bonds is 2. The summed E-state index contributed by atoms with van der Waals surface area (Å²) in [7, 11) is 5.83. The second-order valence-electron chi connectivity index (χ2n) is 4.35. The van der Waals surface area contributed by atoms with E-state index in [0.29, 0.717) is 10.4 Å². The molecule has 0 aromatic rings. The van der Waals surface area contributed by atoms with Crippen molar-refractivity contribution in [2.45, 2.75) is 18.9 Å². The average molecular weight is 158 g/mol. The first kappa shape index (κ1) is 8.53. The maximum atomic E-state index is 10.9. The number of hydrogen-bond acceptors (Lipinski definition) is 1. The molecule has 1 fully saturated rings. The van der Waals surface area contributed by atoms with E-state index in [-0.39, 0.29) is 0 Å². The van der Waals surface area contributed by atoms with E-state index >= 15 is 0 Å². The van der Waals surface area contributed by atoms with Gasteiger partial charge in [0.2, 0.25) is 0 Å². The van der Waals surface area contributed by atoms with E-state index < -0.39 is 11.5 Å². The minimum atomic E-state index is -0.655. The number of quaternary nitrogens is 1. The van der Waals surface area contributed by atoms with Crippen LogP contribution in [0.1, 0.15) is 13.3 Å². The maximum Gasteiger partial charge on any atom is 0.366 e. The first-order valence-corrected chi connectivity index (χ1v) is 3.87. The van der Waals surface area contributed by atoms with Gasteiger partial charge in [-0.1, -0.05) is 6.92 Å². The van der Waals surface area contributed by atoms with Gasteiger partial charge in [-0.05, 0) is 0 Å². The van der Waals surface area contributed by atoms with Crippen molar-refractivity contribution in [3.05, 3.63) is 0 Å². The molecule has 0 bridgehead atoms. The highest BCUT2D eigenvalue weighted by Crippen LogP contribution is 2.50. The van der Waals surface area contributed by atoms with Crippen LogP contribution in [0.4, 0.5) is 0 Å². The third-order valence-corrected chi connectivity index (χ3v) is 2.84. The molecule has 3 heteroatoms. The van der Waals surface area contributed by atoms with Crippen molar-refractivity contribution in [2.24, 2.45) is 5.92 Å². The molecule has 64 valence electrons. The molecule has 1 saturated carbocycles. The molecule has 3 nitrogen and oxygen atoms in total. The van der Waals surface area contributed by atoms with Gasteiger partial charge in [0, 0.05) is 12.3 Å². The molecule has 1 rings (SSSR count). The lowest BCUT2D eigenvalue weighted by Gasteiger charge is -2.32. The van der Waals surface area contributed by atoms with Crippen LogP contribution in [0.15, 0.2) is 0 Å². The standard InChI is InChI=1S/C8H15NO2/c1-6-5-8(6,7(10)11)9(2,3)4/h6H,5H2,1-4H3/p+1. The van der Waals surface area contributed by atoms with Crippen molar-refractivity contribution in [2.75, 3.05) is 21.1 Å². The molecule has 2 atom stereocenters. The Morgan fingerprint density at radius 1 is 1.55 bits per heavy atom. The molecule has 11 heavy (non-hydrogen) atoms. The van der Waals surface area contributed by atoms with E-state index in [1.165, 1.54) is 0 Å². The second-order valence-corrected chi connectivity index (χ2v) is 4.35. The van der Waals surface area contributed by atoms with Crippen molar-refractivity contribution in [3.63, 3.8) is 0 Å². The van der Waals surface area contributed by atoms with Gasteiger partial charge in [-0.25, -0.2) is 4.79 Å². The highest BCUT2D eigenvalue weighted by molar-refractivity contribution is 5.81. The van der Waals surface area contributed by atoms with Crippen LogP contribution in [0.5, 0.6) is 0 Å². The Morgan fingerprint density at radius 3 is 1.91 bits per heavy atom. The highest BCUT2D eigenvalue weighted by Gasteiger charge is 2.68. The molecule has 0 aromatic carbocycles. The zero-order valence-corrected chi connectivity index (χ0v) is 7.59. The third kappa shape index (κ3) is 0.948. The third-order valence-electron chi connectivity index (χ3n) is 2.84. The molecule has 0 aromatic heterocycles. The van der Waals surface area contributed by atoms with E-state index in [9.17, 15) is 4.79 Å². The van der Waals surface area contributed by atoms with Crippen molar-refractivity contribution >= 4 is 5.97 Å². The van der Waals surface area contributed by atoms with Crippen molar-refractivity contribution < 1.29 is 14.4 Å². The summed E-state index contributed by atoms with van der Waals surface area (Å²) in [6.45, 7) is 2.00. The van der Waals surface area contributed by atoms with Gasteiger partial charge in [-0.2, -0.15) is 0 Å². The largest absolute Gasteiger partial charge is 0.477 e. The lowest BCUT2D eigenvalue weighted by atomic mass is 10.1. The second kappa shape index (κ2) is 1.97. The van der Waals surface area contributed by atoms with Gasteiger partial charge in [0.1, 0.15) is 0 Å². The van der Waals surface area contributed by atoms with Gasteiger partial charge < -0.3 is 9.59 Å². The fourth-order valence-corrected chi connectivity index (χ4v) is 1.93. The van der Waals surface area contributed by atoms with Crippen LogP contribution in [0.2, 0.25) is 0 Å². The molecule has 1 aliphatic rings. The minimum Gasteiger partial charge on any atom is -0.477 e. The summed E-state index contributed by atoms with van der Waals surface area (Å²) in [5.74, 6) is -0.336. The number of carboxylic acid groups (broad SMARTS) is 1. The topological polar surface area (TPSA) is 37.3 Å². The molecule has 0 spiro atoms. The monoisotopic (exact) mass is 158 g/mol. The van der Waals surface area contributed by atoms with Crippen LogP contribution in [-0.4, -0.2) is 42.2 Å². The lowest BCUT2D eigenvalue weighted by Crippen LogP contribution is -2.53. The predicted octanol–water partition coefficient (Wildman–Crippen LogP) is 0.556. The summed E-state index contributed by atoms with van der Waals surface area (Å²) in [4.78, 5) is 10.9. The molecule has 1 aliphatic carbocycles. The first-order chi connectivity index (χ1) is 4.82. The SMILES string of the molecule is CC1CC1(C(=O)O)[N+](C)(C)C. The van der Waals surface area contributed by atoms with Crippen LogP contribution in [0.25, 0.3) is 0 Å². The molecule has 0 radical (unpaired) electrons. The molecular formula is C8H16NO2+. The summed E-state index contributed by atoms with van der Waals surface area (Å²) < 4.78 is 0.531. The minimum absolute atomic E-state index is 0.319. The summed E-state index contributed by atoms with van der Waals surface area (Å²) >= 11 is 0. The lowest BCUT2D eigenvalue weighted by molar-refractivity contribution is -0.899. The van der Waals surface area contributed by atoms with Crippen LogP contribution < -0.4 is 0 Å². The molecule has 0 amide bonds. The number of carboxylic acids is 1. The van der Waals surface area contributed by atoms with E-state index in [1.807, 2.05) is 28.1 Å². The number of hydrogen-bond donors (Lipinski definition) is 1. The Kier molecular flexibility index (Phi) is 1.53. The maximum absolute atomic E-state index is 10.9. The van der Waals surface area contributed by atoms with Crippen LogP contribution >= 0.6 is 0 Å². The summed E-state index contributed by atoms with van der Waals surface area (Å²) in [5, 5.41) is 8.99. The predicted molar refractivity (Wildman–Crippen MR) is 42.2 cm³/mol. The quantitative estimate of drug-likeness (QED) is 0.596. The van der Waals surface area contributed by atoms with Crippen molar-refractivity contribution in [1.29, 1.82) is 0 Å². The van der Waals surface area contributed by atoms with E-state index in [4.69, 9.17) is 5.11 Å². The first-order valence-electron chi connectivity index (χ1n) is 3.87. The fraction of sp³-hybridized carbons (Fsp3) is 0.875. The molecule has 2 unspecified atom stereocenters. The van der Waals surface area contributed by atoms with E-state index in [2.05, 4.69) is 0 Å². The molecule has 1 N–H and O–H groups in total. The molecule has 0 saturated heterocycles. The van der Waals surface area contributed by atoms with Crippen molar-refractivity contribution in [3.8, 4) is 0 Å². The Bertz CT molecular complexity index is 195. The Labute approximate surface area is 67.2 Å². The zero-order valence-electron chi connectivity index (χ0n) is 7.59. The fourth-order valence-electron chi connectivity index (χ4n) is 1.93. The molecular weight excluding hydrogens is 142 g/mol. The van der Waals surface area contributed by atoms with Gasteiger partial charge >= 0.3 is 5.97 Å². The number of nitrogens with zero attached hydrogens (tertiary/aromatic N) is 1. The number of likely N-dealkylation sites (N-methyl/N-ethyl adjacent to an activating group) is 1. The van der Waals surface area contributed by atoms with Gasteiger partial charge in [-0.3, -0.25) is 0 Å².